The van der Waals surface area contributed by atoms with Crippen molar-refractivity contribution in [2.75, 3.05) is 49.6 Å². The standard InChI is InChI=1S/C27H32FN5O4S/c1-19-4-3-9-33(19)18-20-5-6-23(24(28)14-20)25-15-21(7-8-29-25)31-38(34,35)26-16-22(17-30-27(26)36-2)32-10-12-37-13-11-32/h5-8,14-17,19H,3-4,9-13,18H2,1-2H3,(H,29,31). The van der Waals surface area contributed by atoms with Crippen LogP contribution in [0.4, 0.5) is 15.8 Å². The molecule has 202 valence electrons. The molecule has 1 N–H and O–H groups in total. The second kappa shape index (κ2) is 11.2. The van der Waals surface area contributed by atoms with Crippen LogP contribution in [0, 0.1) is 5.82 Å². The fourth-order valence-electron chi connectivity index (χ4n) is 4.94. The number of rotatable bonds is 8. The minimum absolute atomic E-state index is 0.0160. The number of hydrogen-bond acceptors (Lipinski definition) is 8. The molecule has 1 atom stereocenters. The highest BCUT2D eigenvalue weighted by atomic mass is 32.2. The molecule has 2 saturated heterocycles. The Bertz CT molecular complexity index is 1400. The van der Waals surface area contributed by atoms with Crippen molar-refractivity contribution in [3.05, 3.63) is 60.2 Å². The van der Waals surface area contributed by atoms with E-state index in [1.54, 1.807) is 18.3 Å². The number of pyridine rings is 2. The largest absolute Gasteiger partial charge is 0.480 e. The quantitative estimate of drug-likeness (QED) is 0.459. The average molecular weight is 542 g/mol. The van der Waals surface area contributed by atoms with E-state index in [1.165, 1.54) is 31.5 Å². The molecule has 2 aliphatic rings. The van der Waals surface area contributed by atoms with Crippen LogP contribution in [0.5, 0.6) is 5.88 Å². The van der Waals surface area contributed by atoms with E-state index in [4.69, 9.17) is 9.47 Å². The maximum Gasteiger partial charge on any atom is 0.267 e. The van der Waals surface area contributed by atoms with Gasteiger partial charge in [0.1, 0.15) is 5.82 Å². The van der Waals surface area contributed by atoms with E-state index < -0.39 is 15.8 Å². The Morgan fingerprint density at radius 3 is 2.66 bits per heavy atom. The minimum atomic E-state index is -4.07. The van der Waals surface area contributed by atoms with E-state index in [2.05, 4.69) is 26.5 Å². The molecule has 2 fully saturated rings. The Labute approximate surface area is 222 Å². The van der Waals surface area contributed by atoms with Gasteiger partial charge >= 0.3 is 0 Å². The number of ether oxygens (including phenoxy) is 2. The number of nitrogens with zero attached hydrogens (tertiary/aromatic N) is 4. The van der Waals surface area contributed by atoms with Crippen LogP contribution >= 0.6 is 0 Å². The molecule has 9 nitrogen and oxygen atoms in total. The van der Waals surface area contributed by atoms with Gasteiger partial charge in [-0.1, -0.05) is 6.07 Å². The summed E-state index contributed by atoms with van der Waals surface area (Å²) >= 11 is 0. The molecule has 0 saturated carbocycles. The van der Waals surface area contributed by atoms with Gasteiger partial charge < -0.3 is 14.4 Å². The number of hydrogen-bond donors (Lipinski definition) is 1. The Kier molecular flexibility index (Phi) is 7.78. The monoisotopic (exact) mass is 541 g/mol. The molecule has 1 aromatic carbocycles. The Morgan fingerprint density at radius 2 is 1.95 bits per heavy atom. The molecule has 0 spiro atoms. The third kappa shape index (κ3) is 5.74. The molecule has 3 aromatic rings. The van der Waals surface area contributed by atoms with E-state index in [9.17, 15) is 8.42 Å². The summed E-state index contributed by atoms with van der Waals surface area (Å²) in [5.74, 6) is -0.413. The van der Waals surface area contributed by atoms with Crippen molar-refractivity contribution in [3.8, 4) is 17.1 Å². The number of nitrogens with one attached hydrogen (secondary N) is 1. The fraction of sp³-hybridized carbons (Fsp3) is 0.407. The molecule has 38 heavy (non-hydrogen) atoms. The smallest absolute Gasteiger partial charge is 0.267 e. The van der Waals surface area contributed by atoms with Crippen molar-refractivity contribution < 1.29 is 22.3 Å². The van der Waals surface area contributed by atoms with Gasteiger partial charge in [-0.05, 0) is 62.2 Å². The molecule has 0 aliphatic carbocycles. The molecule has 11 heteroatoms. The van der Waals surface area contributed by atoms with Gasteiger partial charge in [0.05, 0.1) is 43.6 Å². The number of likely N-dealkylation sites (tertiary alicyclic amines) is 1. The zero-order valence-corrected chi connectivity index (χ0v) is 22.4. The SMILES string of the molecule is COc1ncc(N2CCOCC2)cc1S(=O)(=O)Nc1ccnc(-c2ccc(CN3CCCC3C)cc2F)c1. The minimum Gasteiger partial charge on any atom is -0.480 e. The van der Waals surface area contributed by atoms with Gasteiger partial charge in [-0.2, -0.15) is 0 Å². The summed E-state index contributed by atoms with van der Waals surface area (Å²) in [5, 5.41) is 0. The summed E-state index contributed by atoms with van der Waals surface area (Å²) in [6.07, 6.45) is 5.36. The second-order valence-electron chi connectivity index (χ2n) is 9.61. The van der Waals surface area contributed by atoms with Crippen molar-refractivity contribution in [1.82, 2.24) is 14.9 Å². The van der Waals surface area contributed by atoms with Gasteiger partial charge in [-0.25, -0.2) is 17.8 Å². The van der Waals surface area contributed by atoms with Crippen molar-refractivity contribution in [2.45, 2.75) is 37.2 Å². The van der Waals surface area contributed by atoms with Crippen LogP contribution in [0.2, 0.25) is 0 Å². The van der Waals surface area contributed by atoms with E-state index in [0.29, 0.717) is 55.8 Å². The Hall–Kier alpha value is -3.28. The van der Waals surface area contributed by atoms with Crippen molar-refractivity contribution in [2.24, 2.45) is 0 Å². The number of sulfonamides is 1. The van der Waals surface area contributed by atoms with E-state index in [0.717, 1.165) is 24.9 Å². The summed E-state index contributed by atoms with van der Waals surface area (Å²) in [4.78, 5) is 12.8. The third-order valence-electron chi connectivity index (χ3n) is 7.06. The number of morpholine rings is 1. The molecule has 0 radical (unpaired) electrons. The summed E-state index contributed by atoms with van der Waals surface area (Å²) in [6.45, 7) is 6.29. The first kappa shape index (κ1) is 26.3. The van der Waals surface area contributed by atoms with Crippen LogP contribution in [0.15, 0.2) is 53.7 Å². The van der Waals surface area contributed by atoms with Crippen molar-refractivity contribution in [1.29, 1.82) is 0 Å². The van der Waals surface area contributed by atoms with Crippen molar-refractivity contribution >= 4 is 21.4 Å². The van der Waals surface area contributed by atoms with Crippen LogP contribution in [0.1, 0.15) is 25.3 Å². The van der Waals surface area contributed by atoms with Gasteiger partial charge in [0.15, 0.2) is 4.90 Å². The number of aromatic nitrogens is 2. The number of halogens is 1. The van der Waals surface area contributed by atoms with Crippen molar-refractivity contribution in [3.63, 3.8) is 0 Å². The predicted octanol–water partition coefficient (Wildman–Crippen LogP) is 3.91. The summed E-state index contributed by atoms with van der Waals surface area (Å²) in [5.41, 5.74) is 2.45. The summed E-state index contributed by atoms with van der Waals surface area (Å²) < 4.78 is 55.1. The fourth-order valence-corrected chi connectivity index (χ4v) is 6.13. The average Bonchev–Trinajstić information content (AvgIpc) is 3.32. The van der Waals surface area contributed by atoms with Crippen LogP contribution in [-0.2, 0) is 21.3 Å². The Morgan fingerprint density at radius 1 is 1.13 bits per heavy atom. The molecule has 5 rings (SSSR count). The Balaban J connectivity index is 1.37. The first-order valence-corrected chi connectivity index (χ1v) is 14.2. The maximum absolute atomic E-state index is 15.1. The second-order valence-corrected chi connectivity index (χ2v) is 11.3. The molecule has 2 aromatic heterocycles. The molecular formula is C27H32FN5O4S. The normalized spacial score (nSPS) is 18.5. The third-order valence-corrected chi connectivity index (χ3v) is 8.44. The zero-order chi connectivity index (χ0) is 26.7. The molecular weight excluding hydrogens is 509 g/mol. The van der Waals surface area contributed by atoms with E-state index >= 15 is 4.39 Å². The molecule has 0 bridgehead atoms. The maximum atomic E-state index is 15.1. The lowest BCUT2D eigenvalue weighted by Crippen LogP contribution is -2.36. The predicted molar refractivity (Wildman–Crippen MR) is 143 cm³/mol. The molecule has 4 heterocycles. The molecule has 2 aliphatic heterocycles. The van der Waals surface area contributed by atoms with Gasteiger partial charge in [-0.3, -0.25) is 14.6 Å². The van der Waals surface area contributed by atoms with Gasteiger partial charge in [-0.15, -0.1) is 0 Å². The van der Waals surface area contributed by atoms with Crippen LogP contribution in [0.25, 0.3) is 11.3 Å². The lowest BCUT2D eigenvalue weighted by atomic mass is 10.1. The van der Waals surface area contributed by atoms with E-state index in [1.807, 2.05) is 11.0 Å². The first-order chi connectivity index (χ1) is 18.3. The number of methoxy groups -OCH3 is 1. The number of benzene rings is 1. The summed E-state index contributed by atoms with van der Waals surface area (Å²) in [6, 6.07) is 10.2. The van der Waals surface area contributed by atoms with Gasteiger partial charge in [0.25, 0.3) is 10.0 Å². The zero-order valence-electron chi connectivity index (χ0n) is 21.6. The molecule has 1 unspecified atom stereocenters. The lowest BCUT2D eigenvalue weighted by Gasteiger charge is -2.29. The van der Waals surface area contributed by atoms with Crippen LogP contribution < -0.4 is 14.4 Å². The summed E-state index contributed by atoms with van der Waals surface area (Å²) in [7, 11) is -2.70. The highest BCUT2D eigenvalue weighted by Crippen LogP contribution is 2.30. The highest BCUT2D eigenvalue weighted by molar-refractivity contribution is 7.92. The van der Waals surface area contributed by atoms with Gasteiger partial charge in [0, 0.05) is 37.4 Å². The van der Waals surface area contributed by atoms with Crippen LogP contribution in [0.3, 0.4) is 0 Å². The van der Waals surface area contributed by atoms with Gasteiger partial charge in [0.2, 0.25) is 5.88 Å². The molecule has 0 amide bonds. The highest BCUT2D eigenvalue weighted by Gasteiger charge is 2.25. The van der Waals surface area contributed by atoms with Crippen LogP contribution in [-0.4, -0.2) is 69.3 Å². The number of anilines is 2. The topological polar surface area (TPSA) is 96.9 Å². The first-order valence-electron chi connectivity index (χ1n) is 12.7. The lowest BCUT2D eigenvalue weighted by molar-refractivity contribution is 0.122. The van der Waals surface area contributed by atoms with E-state index in [-0.39, 0.29) is 16.5 Å².